The standard InChI is InChI=1S/C20H21N5O/c21-20(26)18-5-2-6-19(23-18)25-11-9-24(10-12-25)14-16-4-1-3-15-13-22-8-7-17(15)16/h1-8,13H,9-12,14H2,(H2,21,26). The second-order valence-electron chi connectivity index (χ2n) is 6.52. The maximum Gasteiger partial charge on any atom is 0.267 e. The summed E-state index contributed by atoms with van der Waals surface area (Å²) in [5.74, 6) is 0.327. The molecule has 0 radical (unpaired) electrons. The minimum atomic E-state index is -0.490. The maximum atomic E-state index is 11.3. The van der Waals surface area contributed by atoms with Gasteiger partial charge in [0.25, 0.3) is 5.91 Å². The number of primary amides is 1. The molecule has 1 fully saturated rings. The lowest BCUT2D eigenvalue weighted by Gasteiger charge is -2.35. The van der Waals surface area contributed by atoms with E-state index < -0.39 is 5.91 Å². The Bertz CT molecular complexity index is 929. The molecule has 1 aliphatic heterocycles. The highest BCUT2D eigenvalue weighted by Gasteiger charge is 2.19. The summed E-state index contributed by atoms with van der Waals surface area (Å²) >= 11 is 0. The molecule has 4 rings (SSSR count). The van der Waals surface area contributed by atoms with Crippen LogP contribution in [0.3, 0.4) is 0 Å². The molecule has 0 unspecified atom stereocenters. The van der Waals surface area contributed by atoms with Gasteiger partial charge >= 0.3 is 0 Å². The zero-order chi connectivity index (χ0) is 17.9. The molecule has 3 aromatic rings. The van der Waals surface area contributed by atoms with Gasteiger partial charge in [0.05, 0.1) is 0 Å². The van der Waals surface area contributed by atoms with Crippen molar-refractivity contribution in [3.8, 4) is 0 Å². The van der Waals surface area contributed by atoms with E-state index in [1.165, 1.54) is 16.3 Å². The van der Waals surface area contributed by atoms with Crippen molar-refractivity contribution in [1.29, 1.82) is 0 Å². The van der Waals surface area contributed by atoms with Gasteiger partial charge in [-0.25, -0.2) is 4.98 Å². The van der Waals surface area contributed by atoms with Gasteiger partial charge in [-0.3, -0.25) is 14.7 Å². The zero-order valence-electron chi connectivity index (χ0n) is 14.5. The summed E-state index contributed by atoms with van der Waals surface area (Å²) in [5.41, 5.74) is 6.97. The number of fused-ring (bicyclic) bond motifs is 1. The van der Waals surface area contributed by atoms with Gasteiger partial charge in [0.2, 0.25) is 0 Å². The number of carbonyl (C=O) groups is 1. The molecule has 0 aliphatic carbocycles. The highest BCUT2D eigenvalue weighted by atomic mass is 16.1. The largest absolute Gasteiger partial charge is 0.364 e. The second-order valence-corrected chi connectivity index (χ2v) is 6.52. The Morgan fingerprint density at radius 1 is 1.04 bits per heavy atom. The number of piperazine rings is 1. The highest BCUT2D eigenvalue weighted by Crippen LogP contribution is 2.21. The van der Waals surface area contributed by atoms with Crippen molar-refractivity contribution in [2.24, 2.45) is 5.73 Å². The molecule has 0 bridgehead atoms. The molecular formula is C20H21N5O. The van der Waals surface area contributed by atoms with Gasteiger partial charge in [-0.1, -0.05) is 24.3 Å². The average Bonchev–Trinajstić information content (AvgIpc) is 2.69. The summed E-state index contributed by atoms with van der Waals surface area (Å²) in [6.07, 6.45) is 3.76. The maximum absolute atomic E-state index is 11.3. The van der Waals surface area contributed by atoms with Crippen LogP contribution in [0.2, 0.25) is 0 Å². The van der Waals surface area contributed by atoms with E-state index in [4.69, 9.17) is 5.73 Å². The number of rotatable bonds is 4. The summed E-state index contributed by atoms with van der Waals surface area (Å²) in [4.78, 5) is 24.6. The molecule has 3 heterocycles. The van der Waals surface area contributed by atoms with E-state index in [1.54, 1.807) is 6.07 Å². The lowest BCUT2D eigenvalue weighted by molar-refractivity contribution is 0.0995. The molecule has 1 saturated heterocycles. The number of aromatic nitrogens is 2. The number of benzene rings is 1. The lowest BCUT2D eigenvalue weighted by Crippen LogP contribution is -2.46. The van der Waals surface area contributed by atoms with Crippen LogP contribution < -0.4 is 10.6 Å². The monoisotopic (exact) mass is 347 g/mol. The van der Waals surface area contributed by atoms with Crippen LogP contribution in [0.15, 0.2) is 54.9 Å². The second kappa shape index (κ2) is 7.09. The van der Waals surface area contributed by atoms with E-state index in [1.807, 2.05) is 24.5 Å². The van der Waals surface area contributed by atoms with Gasteiger partial charge in [-0.2, -0.15) is 0 Å². The molecule has 1 aromatic carbocycles. The number of carbonyl (C=O) groups excluding carboxylic acids is 1. The van der Waals surface area contributed by atoms with Crippen LogP contribution in [-0.2, 0) is 6.54 Å². The summed E-state index contributed by atoms with van der Waals surface area (Å²) in [5, 5.41) is 2.44. The number of amides is 1. The predicted octanol–water partition coefficient (Wildman–Crippen LogP) is 2.05. The fourth-order valence-electron chi connectivity index (χ4n) is 3.44. The molecule has 0 atom stereocenters. The van der Waals surface area contributed by atoms with Crippen LogP contribution in [0, 0.1) is 0 Å². The molecule has 132 valence electrons. The SMILES string of the molecule is NC(=O)c1cccc(N2CCN(Cc3cccc4cnccc34)CC2)n1. The Hall–Kier alpha value is -2.99. The molecule has 6 nitrogen and oxygen atoms in total. The fourth-order valence-corrected chi connectivity index (χ4v) is 3.44. The van der Waals surface area contributed by atoms with Gasteiger partial charge in [0, 0.05) is 50.5 Å². The number of pyridine rings is 2. The zero-order valence-corrected chi connectivity index (χ0v) is 14.5. The van der Waals surface area contributed by atoms with Gasteiger partial charge < -0.3 is 10.6 Å². The quantitative estimate of drug-likeness (QED) is 0.782. The minimum absolute atomic E-state index is 0.314. The van der Waals surface area contributed by atoms with E-state index in [-0.39, 0.29) is 0 Å². The molecule has 6 heteroatoms. The van der Waals surface area contributed by atoms with Gasteiger partial charge in [0.15, 0.2) is 0 Å². The van der Waals surface area contributed by atoms with E-state index >= 15 is 0 Å². The van der Waals surface area contributed by atoms with Gasteiger partial charge in [-0.15, -0.1) is 0 Å². The van der Waals surface area contributed by atoms with Crippen LogP contribution in [0.25, 0.3) is 10.8 Å². The Labute approximate surface area is 152 Å². The number of hydrogen-bond acceptors (Lipinski definition) is 5. The van der Waals surface area contributed by atoms with E-state index in [0.717, 1.165) is 38.5 Å². The normalized spacial score (nSPS) is 15.3. The molecule has 2 N–H and O–H groups in total. The highest BCUT2D eigenvalue weighted by molar-refractivity contribution is 5.91. The molecule has 1 amide bonds. The van der Waals surface area contributed by atoms with Crippen LogP contribution in [0.5, 0.6) is 0 Å². The molecule has 26 heavy (non-hydrogen) atoms. The van der Waals surface area contributed by atoms with Crippen LogP contribution in [-0.4, -0.2) is 47.0 Å². The number of nitrogens with two attached hydrogens (primary N) is 1. The molecule has 2 aromatic heterocycles. The molecule has 1 aliphatic rings. The third-order valence-corrected chi connectivity index (χ3v) is 4.85. The predicted molar refractivity (Wildman–Crippen MR) is 102 cm³/mol. The number of anilines is 1. The Kier molecular flexibility index (Phi) is 4.50. The van der Waals surface area contributed by atoms with E-state index in [0.29, 0.717) is 5.69 Å². The van der Waals surface area contributed by atoms with Crippen molar-refractivity contribution in [2.45, 2.75) is 6.54 Å². The first kappa shape index (κ1) is 16.5. The number of hydrogen-bond donors (Lipinski definition) is 1. The lowest BCUT2D eigenvalue weighted by atomic mass is 10.1. The first-order chi connectivity index (χ1) is 12.7. The molecule has 0 saturated carbocycles. The van der Waals surface area contributed by atoms with E-state index in [9.17, 15) is 4.79 Å². The van der Waals surface area contributed by atoms with Crippen molar-refractivity contribution in [1.82, 2.24) is 14.9 Å². The van der Waals surface area contributed by atoms with Gasteiger partial charge in [-0.05, 0) is 29.1 Å². The third-order valence-electron chi connectivity index (χ3n) is 4.85. The first-order valence-corrected chi connectivity index (χ1v) is 8.76. The Morgan fingerprint density at radius 2 is 1.85 bits per heavy atom. The topological polar surface area (TPSA) is 75.4 Å². The van der Waals surface area contributed by atoms with Crippen LogP contribution >= 0.6 is 0 Å². The van der Waals surface area contributed by atoms with Crippen molar-refractivity contribution in [3.63, 3.8) is 0 Å². The van der Waals surface area contributed by atoms with E-state index in [2.05, 4.69) is 44.0 Å². The van der Waals surface area contributed by atoms with Crippen molar-refractivity contribution in [3.05, 3.63) is 66.1 Å². The van der Waals surface area contributed by atoms with Gasteiger partial charge in [0.1, 0.15) is 11.5 Å². The Balaban J connectivity index is 1.44. The smallest absolute Gasteiger partial charge is 0.267 e. The fraction of sp³-hybridized carbons (Fsp3) is 0.250. The van der Waals surface area contributed by atoms with Crippen LogP contribution in [0.4, 0.5) is 5.82 Å². The summed E-state index contributed by atoms with van der Waals surface area (Å²) in [6.45, 7) is 4.57. The van der Waals surface area contributed by atoms with Crippen molar-refractivity contribution >= 4 is 22.5 Å². The van der Waals surface area contributed by atoms with Crippen molar-refractivity contribution < 1.29 is 4.79 Å². The molecule has 0 spiro atoms. The Morgan fingerprint density at radius 3 is 2.65 bits per heavy atom. The minimum Gasteiger partial charge on any atom is -0.364 e. The third kappa shape index (κ3) is 3.36. The average molecular weight is 347 g/mol. The first-order valence-electron chi connectivity index (χ1n) is 8.76. The summed E-state index contributed by atoms with van der Waals surface area (Å²) < 4.78 is 0. The summed E-state index contributed by atoms with van der Waals surface area (Å²) in [6, 6.07) is 13.9. The van der Waals surface area contributed by atoms with Crippen LogP contribution in [0.1, 0.15) is 16.1 Å². The molecular weight excluding hydrogens is 326 g/mol. The number of nitrogens with zero attached hydrogens (tertiary/aromatic N) is 4. The summed E-state index contributed by atoms with van der Waals surface area (Å²) in [7, 11) is 0. The van der Waals surface area contributed by atoms with Crippen molar-refractivity contribution in [2.75, 3.05) is 31.1 Å².